The molecule has 0 aliphatic heterocycles. The Bertz CT molecular complexity index is 388. The first-order chi connectivity index (χ1) is 8.08. The molecule has 0 spiro atoms. The average molecular weight is 234 g/mol. The van der Waals surface area contributed by atoms with Crippen LogP contribution >= 0.6 is 0 Å². The van der Waals surface area contributed by atoms with Crippen molar-refractivity contribution in [2.45, 2.75) is 38.7 Å². The molecule has 2 heteroatoms. The lowest BCUT2D eigenvalue weighted by molar-refractivity contribution is -0.0601. The Morgan fingerprint density at radius 2 is 2.00 bits per heavy atom. The lowest BCUT2D eigenvalue weighted by atomic mass is 9.69. The van der Waals surface area contributed by atoms with Crippen LogP contribution in [0, 0.1) is 11.8 Å². The van der Waals surface area contributed by atoms with Gasteiger partial charge in [0.15, 0.2) is 0 Å². The largest absolute Gasteiger partial charge is 0.496 e. The topological polar surface area (TPSA) is 29.5 Å². The number of ether oxygens (including phenoxy) is 1. The molecule has 1 aromatic carbocycles. The highest BCUT2D eigenvalue weighted by Gasteiger charge is 2.41. The van der Waals surface area contributed by atoms with E-state index in [9.17, 15) is 5.11 Å². The first-order valence-electron chi connectivity index (χ1n) is 6.44. The maximum Gasteiger partial charge on any atom is 0.124 e. The van der Waals surface area contributed by atoms with Gasteiger partial charge in [-0.3, -0.25) is 0 Å². The van der Waals surface area contributed by atoms with Crippen LogP contribution in [-0.4, -0.2) is 12.2 Å². The Balaban J connectivity index is 2.37. The number of benzene rings is 1. The first kappa shape index (κ1) is 12.4. The van der Waals surface area contributed by atoms with Crippen LogP contribution in [0.3, 0.4) is 0 Å². The highest BCUT2D eigenvalue weighted by Crippen LogP contribution is 2.46. The fourth-order valence-electron chi connectivity index (χ4n) is 3.03. The van der Waals surface area contributed by atoms with Crippen molar-refractivity contribution in [2.24, 2.45) is 11.8 Å². The minimum absolute atomic E-state index is 0.280. The van der Waals surface area contributed by atoms with Gasteiger partial charge in [-0.15, -0.1) is 0 Å². The third kappa shape index (κ3) is 2.19. The number of para-hydroxylation sites is 1. The quantitative estimate of drug-likeness (QED) is 0.850. The van der Waals surface area contributed by atoms with Crippen LogP contribution in [0.1, 0.15) is 38.7 Å². The molecule has 3 atom stereocenters. The molecule has 1 saturated carbocycles. The third-order valence-electron chi connectivity index (χ3n) is 4.16. The van der Waals surface area contributed by atoms with Crippen LogP contribution in [-0.2, 0) is 5.60 Å². The summed E-state index contributed by atoms with van der Waals surface area (Å²) >= 11 is 0. The second-order valence-corrected chi connectivity index (χ2v) is 5.41. The van der Waals surface area contributed by atoms with E-state index in [0.717, 1.165) is 30.6 Å². The zero-order valence-corrected chi connectivity index (χ0v) is 10.9. The molecule has 3 unspecified atom stereocenters. The van der Waals surface area contributed by atoms with Gasteiger partial charge in [0.2, 0.25) is 0 Å². The SMILES string of the molecule is COc1ccccc1C1(O)CCC(C)CC1C. The maximum atomic E-state index is 11.0. The van der Waals surface area contributed by atoms with Crippen molar-refractivity contribution >= 4 is 0 Å². The standard InChI is InChI=1S/C15H22O2/c1-11-8-9-15(16,12(2)10-11)13-6-4-5-7-14(13)17-3/h4-7,11-12,16H,8-10H2,1-3H3. The summed E-state index contributed by atoms with van der Waals surface area (Å²) in [6.07, 6.45) is 2.99. The van der Waals surface area contributed by atoms with Crippen LogP contribution < -0.4 is 4.74 Å². The number of hydrogen-bond acceptors (Lipinski definition) is 2. The van der Waals surface area contributed by atoms with E-state index in [1.807, 2.05) is 24.3 Å². The second kappa shape index (κ2) is 4.69. The van der Waals surface area contributed by atoms with Gasteiger partial charge in [0.25, 0.3) is 0 Å². The summed E-state index contributed by atoms with van der Waals surface area (Å²) in [5, 5.41) is 11.0. The van der Waals surface area contributed by atoms with Gasteiger partial charge in [0, 0.05) is 5.56 Å². The van der Waals surface area contributed by atoms with Crippen molar-refractivity contribution in [3.63, 3.8) is 0 Å². The van der Waals surface area contributed by atoms with Crippen LogP contribution in [0.15, 0.2) is 24.3 Å². The summed E-state index contributed by atoms with van der Waals surface area (Å²) in [4.78, 5) is 0. The van der Waals surface area contributed by atoms with Crippen molar-refractivity contribution in [1.82, 2.24) is 0 Å². The molecule has 1 aliphatic rings. The molecular weight excluding hydrogens is 212 g/mol. The molecule has 1 aliphatic carbocycles. The Hall–Kier alpha value is -1.02. The molecule has 17 heavy (non-hydrogen) atoms. The molecule has 0 radical (unpaired) electrons. The summed E-state index contributed by atoms with van der Waals surface area (Å²) in [6, 6.07) is 7.84. The summed E-state index contributed by atoms with van der Waals surface area (Å²) in [5.74, 6) is 1.79. The highest BCUT2D eigenvalue weighted by molar-refractivity contribution is 5.38. The number of rotatable bonds is 2. The molecule has 0 aromatic heterocycles. The lowest BCUT2D eigenvalue weighted by Crippen LogP contribution is -2.38. The normalized spacial score (nSPS) is 33.4. The molecule has 1 fully saturated rings. The minimum atomic E-state index is -0.723. The molecule has 0 saturated heterocycles. The van der Waals surface area contributed by atoms with Crippen LogP contribution in [0.5, 0.6) is 5.75 Å². The van der Waals surface area contributed by atoms with Gasteiger partial charge in [-0.1, -0.05) is 32.0 Å². The van der Waals surface area contributed by atoms with Gasteiger partial charge in [-0.25, -0.2) is 0 Å². The number of aliphatic hydroxyl groups is 1. The van der Waals surface area contributed by atoms with Crippen molar-refractivity contribution in [2.75, 3.05) is 7.11 Å². The molecule has 2 nitrogen and oxygen atoms in total. The van der Waals surface area contributed by atoms with Gasteiger partial charge in [0.1, 0.15) is 5.75 Å². The van der Waals surface area contributed by atoms with Crippen LogP contribution in [0.2, 0.25) is 0 Å². The predicted molar refractivity (Wildman–Crippen MR) is 69.1 cm³/mol. The molecule has 94 valence electrons. The molecule has 0 amide bonds. The first-order valence-corrected chi connectivity index (χ1v) is 6.44. The Labute approximate surface area is 104 Å². The van der Waals surface area contributed by atoms with Gasteiger partial charge < -0.3 is 9.84 Å². The van der Waals surface area contributed by atoms with E-state index < -0.39 is 5.60 Å². The van der Waals surface area contributed by atoms with E-state index in [1.165, 1.54) is 0 Å². The van der Waals surface area contributed by atoms with Gasteiger partial charge >= 0.3 is 0 Å². The summed E-state index contributed by atoms with van der Waals surface area (Å²) < 4.78 is 5.38. The smallest absolute Gasteiger partial charge is 0.124 e. The lowest BCUT2D eigenvalue weighted by Gasteiger charge is -2.41. The zero-order chi connectivity index (χ0) is 12.5. The molecule has 0 heterocycles. The highest BCUT2D eigenvalue weighted by atomic mass is 16.5. The Kier molecular flexibility index (Phi) is 3.43. The van der Waals surface area contributed by atoms with Crippen LogP contribution in [0.4, 0.5) is 0 Å². The fourth-order valence-corrected chi connectivity index (χ4v) is 3.03. The van der Waals surface area contributed by atoms with E-state index in [0.29, 0.717) is 5.92 Å². The number of methoxy groups -OCH3 is 1. The van der Waals surface area contributed by atoms with Gasteiger partial charge in [0.05, 0.1) is 12.7 Å². The fraction of sp³-hybridized carbons (Fsp3) is 0.600. The van der Waals surface area contributed by atoms with Gasteiger partial charge in [-0.2, -0.15) is 0 Å². The summed E-state index contributed by atoms with van der Waals surface area (Å²) in [6.45, 7) is 4.40. The van der Waals surface area contributed by atoms with E-state index in [4.69, 9.17) is 4.74 Å². The minimum Gasteiger partial charge on any atom is -0.496 e. The molecule has 0 bridgehead atoms. The van der Waals surface area contributed by atoms with Crippen molar-refractivity contribution in [1.29, 1.82) is 0 Å². The second-order valence-electron chi connectivity index (χ2n) is 5.41. The van der Waals surface area contributed by atoms with E-state index in [1.54, 1.807) is 7.11 Å². The van der Waals surface area contributed by atoms with Crippen molar-refractivity contribution in [3.05, 3.63) is 29.8 Å². The van der Waals surface area contributed by atoms with Crippen molar-refractivity contribution in [3.8, 4) is 5.75 Å². The molecule has 2 rings (SSSR count). The van der Waals surface area contributed by atoms with Gasteiger partial charge in [-0.05, 0) is 37.2 Å². The van der Waals surface area contributed by atoms with E-state index in [2.05, 4.69) is 13.8 Å². The molecule has 1 N–H and O–H groups in total. The van der Waals surface area contributed by atoms with E-state index >= 15 is 0 Å². The van der Waals surface area contributed by atoms with Crippen LogP contribution in [0.25, 0.3) is 0 Å². The molecule has 1 aromatic rings. The molecular formula is C15H22O2. The zero-order valence-electron chi connectivity index (χ0n) is 10.9. The monoisotopic (exact) mass is 234 g/mol. The Morgan fingerprint density at radius 3 is 2.65 bits per heavy atom. The predicted octanol–water partition coefficient (Wildman–Crippen LogP) is 3.34. The third-order valence-corrected chi connectivity index (χ3v) is 4.16. The van der Waals surface area contributed by atoms with E-state index in [-0.39, 0.29) is 5.92 Å². The number of hydrogen-bond donors (Lipinski definition) is 1. The summed E-state index contributed by atoms with van der Waals surface area (Å²) in [5.41, 5.74) is 0.223. The van der Waals surface area contributed by atoms with Crippen molar-refractivity contribution < 1.29 is 9.84 Å². The maximum absolute atomic E-state index is 11.0. The summed E-state index contributed by atoms with van der Waals surface area (Å²) in [7, 11) is 1.66. The Morgan fingerprint density at radius 1 is 1.29 bits per heavy atom. The average Bonchev–Trinajstić information content (AvgIpc) is 2.34.